The van der Waals surface area contributed by atoms with Crippen molar-refractivity contribution in [2.45, 2.75) is 0 Å². The lowest BCUT2D eigenvalue weighted by molar-refractivity contribution is -0.462. The SMILES string of the molecule is C[N+](C)=C1C=CC(=C2SC(O)=C(c3ccccc3)S2)C=C1. The van der Waals surface area contributed by atoms with E-state index in [0.717, 1.165) is 20.3 Å². The van der Waals surface area contributed by atoms with Gasteiger partial charge in [0.2, 0.25) is 0 Å². The molecule has 106 valence electrons. The van der Waals surface area contributed by atoms with Crippen LogP contribution < -0.4 is 0 Å². The zero-order chi connectivity index (χ0) is 14.8. The molecule has 21 heavy (non-hydrogen) atoms. The van der Waals surface area contributed by atoms with Crippen molar-refractivity contribution in [3.05, 3.63) is 75.1 Å². The van der Waals surface area contributed by atoms with Crippen LogP contribution in [0.25, 0.3) is 4.91 Å². The summed E-state index contributed by atoms with van der Waals surface area (Å²) in [5.41, 5.74) is 3.38. The number of hydrogen-bond donors (Lipinski definition) is 1. The second-order valence-corrected chi connectivity index (χ2v) is 7.21. The topological polar surface area (TPSA) is 23.2 Å². The van der Waals surface area contributed by atoms with E-state index in [1.807, 2.05) is 44.4 Å². The Morgan fingerprint density at radius 1 is 0.905 bits per heavy atom. The van der Waals surface area contributed by atoms with Crippen molar-refractivity contribution in [1.29, 1.82) is 0 Å². The Kier molecular flexibility index (Phi) is 4.08. The monoisotopic (exact) mass is 314 g/mol. The molecule has 1 aromatic rings. The van der Waals surface area contributed by atoms with Crippen molar-refractivity contribution in [2.24, 2.45) is 0 Å². The molecule has 0 radical (unpaired) electrons. The summed E-state index contributed by atoms with van der Waals surface area (Å²) in [4.78, 5) is 0.937. The van der Waals surface area contributed by atoms with E-state index >= 15 is 0 Å². The van der Waals surface area contributed by atoms with Crippen molar-refractivity contribution in [2.75, 3.05) is 14.1 Å². The Morgan fingerprint density at radius 3 is 2.19 bits per heavy atom. The molecule has 0 amide bonds. The molecule has 1 N–H and O–H groups in total. The molecule has 2 nitrogen and oxygen atoms in total. The van der Waals surface area contributed by atoms with Gasteiger partial charge in [-0.1, -0.05) is 42.1 Å². The number of aliphatic hydroxyl groups is 1. The van der Waals surface area contributed by atoms with E-state index < -0.39 is 0 Å². The largest absolute Gasteiger partial charge is 0.501 e. The van der Waals surface area contributed by atoms with Gasteiger partial charge in [-0.3, -0.25) is 0 Å². The first kappa shape index (κ1) is 14.3. The predicted octanol–water partition coefficient (Wildman–Crippen LogP) is 4.40. The van der Waals surface area contributed by atoms with E-state index in [1.54, 1.807) is 11.8 Å². The number of allylic oxidation sites excluding steroid dienone is 5. The zero-order valence-electron chi connectivity index (χ0n) is 11.9. The molecule has 1 aliphatic heterocycles. The second-order valence-electron chi connectivity index (χ2n) is 4.93. The molecule has 1 aliphatic carbocycles. The van der Waals surface area contributed by atoms with Crippen molar-refractivity contribution in [3.63, 3.8) is 0 Å². The van der Waals surface area contributed by atoms with Gasteiger partial charge in [0.05, 0.1) is 9.14 Å². The number of aliphatic hydroxyl groups excluding tert-OH is 1. The van der Waals surface area contributed by atoms with Crippen LogP contribution in [0.1, 0.15) is 5.56 Å². The molecule has 0 unspecified atom stereocenters. The fourth-order valence-corrected chi connectivity index (χ4v) is 4.40. The average Bonchev–Trinajstić information content (AvgIpc) is 2.90. The molecule has 0 bridgehead atoms. The Labute approximate surface area is 133 Å². The van der Waals surface area contributed by atoms with E-state index in [9.17, 15) is 5.11 Å². The third-order valence-electron chi connectivity index (χ3n) is 3.23. The highest BCUT2D eigenvalue weighted by molar-refractivity contribution is 8.31. The summed E-state index contributed by atoms with van der Waals surface area (Å²) in [5, 5.41) is 10.6. The maximum atomic E-state index is 10.2. The highest BCUT2D eigenvalue weighted by Crippen LogP contribution is 2.53. The number of nitrogens with zero attached hydrogens (tertiary/aromatic N) is 1. The fraction of sp³-hybridized carbons (Fsp3) is 0.118. The molecule has 0 spiro atoms. The maximum Gasteiger partial charge on any atom is 0.199 e. The molecular formula is C17H16NOS2+. The van der Waals surface area contributed by atoms with Gasteiger partial charge in [-0.05, 0) is 35.1 Å². The number of benzene rings is 1. The van der Waals surface area contributed by atoms with Crippen LogP contribution in [0.15, 0.2) is 69.5 Å². The summed E-state index contributed by atoms with van der Waals surface area (Å²) in [6.07, 6.45) is 8.40. The molecule has 0 aromatic heterocycles. The van der Waals surface area contributed by atoms with Gasteiger partial charge in [-0.15, -0.1) is 0 Å². The average molecular weight is 314 g/mol. The number of hydrogen-bond acceptors (Lipinski definition) is 3. The van der Waals surface area contributed by atoms with Crippen molar-refractivity contribution < 1.29 is 9.68 Å². The summed E-state index contributed by atoms with van der Waals surface area (Å²) in [7, 11) is 4.06. The quantitative estimate of drug-likeness (QED) is 0.777. The summed E-state index contributed by atoms with van der Waals surface area (Å²) in [6.45, 7) is 0. The molecule has 1 aromatic carbocycles. The molecule has 3 rings (SSSR count). The zero-order valence-corrected chi connectivity index (χ0v) is 13.5. The standard InChI is InChI=1S/C17H15NOS2/c1-18(2)14-10-8-13(9-11-14)17-20-15(16(19)21-17)12-6-4-3-5-7-12/h3-11H,1-2H3/p+1. The number of thioether (sulfide) groups is 2. The second kappa shape index (κ2) is 6.00. The van der Waals surface area contributed by atoms with Crippen molar-refractivity contribution >= 4 is 34.1 Å². The third kappa shape index (κ3) is 3.01. The van der Waals surface area contributed by atoms with Crippen LogP contribution in [0, 0.1) is 0 Å². The van der Waals surface area contributed by atoms with Gasteiger partial charge in [-0.25, -0.2) is 4.58 Å². The summed E-state index contributed by atoms with van der Waals surface area (Å²) in [6, 6.07) is 10.0. The Bertz CT molecular complexity index is 702. The third-order valence-corrected chi connectivity index (χ3v) is 5.74. The van der Waals surface area contributed by atoms with Crippen LogP contribution in [-0.4, -0.2) is 29.5 Å². The van der Waals surface area contributed by atoms with Crippen LogP contribution in [0.2, 0.25) is 0 Å². The minimum Gasteiger partial charge on any atom is -0.501 e. The highest BCUT2D eigenvalue weighted by Gasteiger charge is 2.24. The molecule has 0 saturated heterocycles. The van der Waals surface area contributed by atoms with Gasteiger partial charge in [0.25, 0.3) is 0 Å². The predicted molar refractivity (Wildman–Crippen MR) is 93.6 cm³/mol. The maximum absolute atomic E-state index is 10.2. The smallest absolute Gasteiger partial charge is 0.199 e. The van der Waals surface area contributed by atoms with E-state index in [4.69, 9.17) is 0 Å². The fourth-order valence-electron chi connectivity index (χ4n) is 2.08. The van der Waals surface area contributed by atoms with Crippen LogP contribution in [0.5, 0.6) is 0 Å². The van der Waals surface area contributed by atoms with Crippen LogP contribution >= 0.6 is 23.5 Å². The van der Waals surface area contributed by atoms with Gasteiger partial charge >= 0.3 is 0 Å². The first-order valence-electron chi connectivity index (χ1n) is 6.64. The molecule has 1 heterocycles. The lowest BCUT2D eigenvalue weighted by Crippen LogP contribution is -2.09. The van der Waals surface area contributed by atoms with Gasteiger partial charge in [0.1, 0.15) is 14.1 Å². The minimum absolute atomic E-state index is 0.387. The Balaban J connectivity index is 1.87. The first-order valence-corrected chi connectivity index (χ1v) is 8.27. The molecule has 0 atom stereocenters. The molecule has 2 aliphatic rings. The van der Waals surface area contributed by atoms with Crippen LogP contribution in [-0.2, 0) is 0 Å². The molecule has 4 heteroatoms. The Morgan fingerprint density at radius 2 is 1.57 bits per heavy atom. The van der Waals surface area contributed by atoms with Gasteiger partial charge < -0.3 is 5.11 Å². The molecule has 0 saturated carbocycles. The normalized spacial score (nSPS) is 17.9. The minimum atomic E-state index is 0.387. The lowest BCUT2D eigenvalue weighted by Gasteiger charge is -2.05. The summed E-state index contributed by atoms with van der Waals surface area (Å²) < 4.78 is 3.20. The first-order chi connectivity index (χ1) is 10.1. The van der Waals surface area contributed by atoms with Gasteiger partial charge in [0, 0.05) is 12.2 Å². The van der Waals surface area contributed by atoms with Crippen LogP contribution in [0.4, 0.5) is 0 Å². The van der Waals surface area contributed by atoms with E-state index in [1.165, 1.54) is 17.5 Å². The summed E-state index contributed by atoms with van der Waals surface area (Å²) in [5.74, 6) is 0. The summed E-state index contributed by atoms with van der Waals surface area (Å²) >= 11 is 3.07. The number of rotatable bonds is 1. The van der Waals surface area contributed by atoms with E-state index in [-0.39, 0.29) is 0 Å². The van der Waals surface area contributed by atoms with Crippen LogP contribution in [0.3, 0.4) is 0 Å². The van der Waals surface area contributed by atoms with Gasteiger partial charge in [-0.2, -0.15) is 0 Å². The van der Waals surface area contributed by atoms with Crippen molar-refractivity contribution in [3.8, 4) is 0 Å². The van der Waals surface area contributed by atoms with Crippen molar-refractivity contribution in [1.82, 2.24) is 0 Å². The Hall–Kier alpha value is -1.65. The lowest BCUT2D eigenvalue weighted by atomic mass is 10.1. The van der Waals surface area contributed by atoms with Gasteiger partial charge in [0.15, 0.2) is 10.8 Å². The van der Waals surface area contributed by atoms with E-state index in [0.29, 0.717) is 5.09 Å². The highest BCUT2D eigenvalue weighted by atomic mass is 32.2. The molecular weight excluding hydrogens is 298 g/mol. The van der Waals surface area contributed by atoms with E-state index in [2.05, 4.69) is 28.9 Å². The molecule has 0 fully saturated rings.